The zero-order valence-electron chi connectivity index (χ0n) is 13.8. The molecular weight excluding hydrogens is 268 g/mol. The molecule has 1 aliphatic heterocycles. The summed E-state index contributed by atoms with van der Waals surface area (Å²) in [5.74, 6) is 0.785. The molecule has 0 saturated carbocycles. The standard InChI is InChI=1S/C16H28N2O3/c1-11-6-14(7-12(2)20-11)19-10-15-8-13(18-21-15)9-17-16(3,4)5/h8,11-12,14,17H,6-7,9-10H2,1-5H3. The Labute approximate surface area is 127 Å². The molecule has 0 amide bonds. The maximum Gasteiger partial charge on any atom is 0.162 e. The second-order valence-electron chi connectivity index (χ2n) is 7.05. The number of hydrogen-bond acceptors (Lipinski definition) is 5. The molecule has 120 valence electrons. The average molecular weight is 296 g/mol. The summed E-state index contributed by atoms with van der Waals surface area (Å²) in [5.41, 5.74) is 0.988. The van der Waals surface area contributed by atoms with Crippen LogP contribution in [-0.4, -0.2) is 29.0 Å². The van der Waals surface area contributed by atoms with Gasteiger partial charge in [0.15, 0.2) is 5.76 Å². The fourth-order valence-electron chi connectivity index (χ4n) is 2.54. The highest BCUT2D eigenvalue weighted by atomic mass is 16.5. The summed E-state index contributed by atoms with van der Waals surface area (Å²) in [6.07, 6.45) is 2.65. The van der Waals surface area contributed by atoms with Crippen LogP contribution in [0.25, 0.3) is 0 Å². The van der Waals surface area contributed by atoms with Crippen molar-refractivity contribution in [2.24, 2.45) is 0 Å². The molecule has 0 bridgehead atoms. The lowest BCUT2D eigenvalue weighted by Crippen LogP contribution is -2.35. The summed E-state index contributed by atoms with van der Waals surface area (Å²) in [4.78, 5) is 0. The minimum absolute atomic E-state index is 0.0734. The van der Waals surface area contributed by atoms with E-state index in [0.29, 0.717) is 13.2 Å². The van der Waals surface area contributed by atoms with Crippen LogP contribution in [0.15, 0.2) is 10.6 Å². The topological polar surface area (TPSA) is 56.5 Å². The first-order chi connectivity index (χ1) is 9.82. The van der Waals surface area contributed by atoms with E-state index < -0.39 is 0 Å². The Morgan fingerprint density at radius 1 is 1.29 bits per heavy atom. The molecular formula is C16H28N2O3. The summed E-state index contributed by atoms with van der Waals surface area (Å²) in [5, 5.41) is 7.46. The summed E-state index contributed by atoms with van der Waals surface area (Å²) < 4.78 is 17.0. The lowest BCUT2D eigenvalue weighted by Gasteiger charge is -2.31. The van der Waals surface area contributed by atoms with Gasteiger partial charge >= 0.3 is 0 Å². The Kier molecular flexibility index (Phi) is 5.41. The first-order valence-electron chi connectivity index (χ1n) is 7.78. The fourth-order valence-corrected chi connectivity index (χ4v) is 2.54. The molecule has 2 rings (SSSR count). The highest BCUT2D eigenvalue weighted by Gasteiger charge is 2.25. The molecule has 1 aliphatic rings. The van der Waals surface area contributed by atoms with Crippen molar-refractivity contribution in [1.82, 2.24) is 10.5 Å². The van der Waals surface area contributed by atoms with E-state index in [1.54, 1.807) is 0 Å². The zero-order chi connectivity index (χ0) is 15.5. The Morgan fingerprint density at radius 2 is 1.95 bits per heavy atom. The molecule has 0 aromatic carbocycles. The van der Waals surface area contributed by atoms with Crippen molar-refractivity contribution < 1.29 is 14.0 Å². The van der Waals surface area contributed by atoms with Crippen LogP contribution in [0.4, 0.5) is 0 Å². The minimum atomic E-state index is 0.0734. The SMILES string of the molecule is CC1CC(OCc2cc(CNC(C)(C)C)no2)CC(C)O1. The van der Waals surface area contributed by atoms with E-state index in [0.717, 1.165) is 24.3 Å². The van der Waals surface area contributed by atoms with Gasteiger partial charge < -0.3 is 19.3 Å². The van der Waals surface area contributed by atoms with Crippen molar-refractivity contribution in [3.63, 3.8) is 0 Å². The third-order valence-electron chi connectivity index (χ3n) is 3.52. The Hall–Kier alpha value is -0.910. The Balaban J connectivity index is 1.77. The van der Waals surface area contributed by atoms with Crippen molar-refractivity contribution in [2.75, 3.05) is 0 Å². The van der Waals surface area contributed by atoms with E-state index in [4.69, 9.17) is 14.0 Å². The zero-order valence-corrected chi connectivity index (χ0v) is 13.8. The normalized spacial score (nSPS) is 27.0. The van der Waals surface area contributed by atoms with Gasteiger partial charge in [-0.05, 0) is 47.5 Å². The third kappa shape index (κ3) is 5.77. The van der Waals surface area contributed by atoms with Gasteiger partial charge in [-0.25, -0.2) is 0 Å². The molecule has 1 N–H and O–H groups in total. The van der Waals surface area contributed by atoms with Crippen LogP contribution in [0.5, 0.6) is 0 Å². The van der Waals surface area contributed by atoms with Crippen LogP contribution < -0.4 is 5.32 Å². The van der Waals surface area contributed by atoms with Gasteiger partial charge in [0.05, 0.1) is 24.0 Å². The molecule has 1 aromatic rings. The molecule has 2 heterocycles. The van der Waals surface area contributed by atoms with Gasteiger partial charge in [0.2, 0.25) is 0 Å². The number of nitrogens with zero attached hydrogens (tertiary/aromatic N) is 1. The lowest BCUT2D eigenvalue weighted by atomic mass is 10.0. The van der Waals surface area contributed by atoms with E-state index in [1.165, 1.54) is 0 Å². The smallest absolute Gasteiger partial charge is 0.162 e. The monoisotopic (exact) mass is 296 g/mol. The molecule has 1 aromatic heterocycles. The van der Waals surface area contributed by atoms with Gasteiger partial charge in [-0.15, -0.1) is 0 Å². The van der Waals surface area contributed by atoms with Crippen molar-refractivity contribution in [3.05, 3.63) is 17.5 Å². The predicted octanol–water partition coefficient (Wildman–Crippen LogP) is 3.04. The van der Waals surface area contributed by atoms with Crippen LogP contribution in [0.2, 0.25) is 0 Å². The van der Waals surface area contributed by atoms with E-state index in [1.807, 2.05) is 6.07 Å². The second-order valence-corrected chi connectivity index (χ2v) is 7.05. The Morgan fingerprint density at radius 3 is 2.57 bits per heavy atom. The van der Waals surface area contributed by atoms with Gasteiger partial charge in [0.1, 0.15) is 6.61 Å². The number of hydrogen-bond donors (Lipinski definition) is 1. The van der Waals surface area contributed by atoms with Crippen LogP contribution in [-0.2, 0) is 22.6 Å². The molecule has 21 heavy (non-hydrogen) atoms. The van der Waals surface area contributed by atoms with Gasteiger partial charge in [-0.1, -0.05) is 5.16 Å². The summed E-state index contributed by atoms with van der Waals surface area (Å²) in [6, 6.07) is 1.96. The molecule has 5 nitrogen and oxygen atoms in total. The van der Waals surface area contributed by atoms with Crippen LogP contribution in [0.1, 0.15) is 58.9 Å². The predicted molar refractivity (Wildman–Crippen MR) is 80.9 cm³/mol. The number of nitrogens with one attached hydrogen (secondary N) is 1. The van der Waals surface area contributed by atoms with Crippen molar-refractivity contribution in [3.8, 4) is 0 Å². The highest BCUT2D eigenvalue weighted by molar-refractivity contribution is 5.04. The van der Waals surface area contributed by atoms with Crippen molar-refractivity contribution >= 4 is 0 Å². The lowest BCUT2D eigenvalue weighted by molar-refractivity contribution is -0.108. The molecule has 0 spiro atoms. The highest BCUT2D eigenvalue weighted by Crippen LogP contribution is 2.22. The molecule has 1 saturated heterocycles. The molecule has 5 heteroatoms. The van der Waals surface area contributed by atoms with E-state index in [-0.39, 0.29) is 23.9 Å². The minimum Gasteiger partial charge on any atom is -0.375 e. The third-order valence-corrected chi connectivity index (χ3v) is 3.52. The van der Waals surface area contributed by atoms with Gasteiger partial charge in [-0.2, -0.15) is 0 Å². The molecule has 0 radical (unpaired) electrons. The fraction of sp³-hybridized carbons (Fsp3) is 0.812. The second kappa shape index (κ2) is 6.90. The summed E-state index contributed by atoms with van der Waals surface area (Å²) in [7, 11) is 0. The maximum absolute atomic E-state index is 5.93. The summed E-state index contributed by atoms with van der Waals surface area (Å²) >= 11 is 0. The van der Waals surface area contributed by atoms with E-state index in [2.05, 4.69) is 45.1 Å². The van der Waals surface area contributed by atoms with Gasteiger partial charge in [0, 0.05) is 18.2 Å². The van der Waals surface area contributed by atoms with Crippen LogP contribution in [0.3, 0.4) is 0 Å². The number of rotatable bonds is 5. The van der Waals surface area contributed by atoms with Crippen molar-refractivity contribution in [1.29, 1.82) is 0 Å². The Bertz CT molecular complexity index is 429. The van der Waals surface area contributed by atoms with E-state index in [9.17, 15) is 0 Å². The molecule has 1 fully saturated rings. The quantitative estimate of drug-likeness (QED) is 0.905. The van der Waals surface area contributed by atoms with Gasteiger partial charge in [-0.3, -0.25) is 0 Å². The summed E-state index contributed by atoms with van der Waals surface area (Å²) in [6.45, 7) is 11.8. The molecule has 2 unspecified atom stereocenters. The maximum atomic E-state index is 5.93. The number of aromatic nitrogens is 1. The molecule has 0 aliphatic carbocycles. The molecule has 2 atom stereocenters. The largest absolute Gasteiger partial charge is 0.375 e. The van der Waals surface area contributed by atoms with Crippen LogP contribution >= 0.6 is 0 Å². The average Bonchev–Trinajstić information content (AvgIpc) is 2.80. The number of ether oxygens (including phenoxy) is 2. The first-order valence-corrected chi connectivity index (χ1v) is 7.78. The van der Waals surface area contributed by atoms with Crippen LogP contribution in [0, 0.1) is 0 Å². The first kappa shape index (κ1) is 16.5. The van der Waals surface area contributed by atoms with Crippen molar-refractivity contribution in [2.45, 2.75) is 84.5 Å². The van der Waals surface area contributed by atoms with Gasteiger partial charge in [0.25, 0.3) is 0 Å². The van der Waals surface area contributed by atoms with E-state index >= 15 is 0 Å².